The van der Waals surface area contributed by atoms with Gasteiger partial charge in [-0.1, -0.05) is 19.4 Å². The Morgan fingerprint density at radius 3 is 2.58 bits per heavy atom. The number of hydrogen-bond donors (Lipinski definition) is 1. The fourth-order valence-electron chi connectivity index (χ4n) is 3.36. The molecule has 0 bridgehead atoms. The molecule has 6 nitrogen and oxygen atoms in total. The van der Waals surface area contributed by atoms with Crippen molar-refractivity contribution in [1.29, 1.82) is 0 Å². The predicted octanol–water partition coefficient (Wildman–Crippen LogP) is 5.75. The Balaban J connectivity index is 1.84. The predicted molar refractivity (Wildman–Crippen MR) is 117 cm³/mol. The number of alkyl halides is 3. The van der Waals surface area contributed by atoms with E-state index in [0.717, 1.165) is 25.2 Å². The van der Waals surface area contributed by atoms with E-state index < -0.39 is 24.6 Å². The molecule has 0 aliphatic heterocycles. The summed E-state index contributed by atoms with van der Waals surface area (Å²) in [6, 6.07) is 12.6. The molecule has 0 saturated carbocycles. The van der Waals surface area contributed by atoms with Gasteiger partial charge in [0.25, 0.3) is 0 Å². The minimum atomic E-state index is -4.51. The van der Waals surface area contributed by atoms with Crippen LogP contribution < -0.4 is 10.1 Å². The normalized spacial score (nSPS) is 11.7. The zero-order chi connectivity index (χ0) is 23.4. The summed E-state index contributed by atoms with van der Waals surface area (Å²) in [6.45, 7) is 1.34. The van der Waals surface area contributed by atoms with Gasteiger partial charge in [-0.25, -0.2) is 13.9 Å². The van der Waals surface area contributed by atoms with Crippen molar-refractivity contribution >= 4 is 11.3 Å². The first-order chi connectivity index (χ1) is 15.9. The average molecular weight is 459 g/mol. The van der Waals surface area contributed by atoms with E-state index in [1.807, 2.05) is 18.2 Å². The maximum Gasteiger partial charge on any atom is 0.422 e. The fourth-order valence-corrected chi connectivity index (χ4v) is 3.36. The van der Waals surface area contributed by atoms with Crippen LogP contribution in [0.5, 0.6) is 6.01 Å². The van der Waals surface area contributed by atoms with Crippen molar-refractivity contribution in [2.45, 2.75) is 25.9 Å². The zero-order valence-corrected chi connectivity index (χ0v) is 17.7. The van der Waals surface area contributed by atoms with Crippen molar-refractivity contribution in [3.8, 4) is 28.5 Å². The van der Waals surface area contributed by atoms with E-state index in [0.29, 0.717) is 28.0 Å². The van der Waals surface area contributed by atoms with Gasteiger partial charge >= 0.3 is 12.2 Å². The highest BCUT2D eigenvalue weighted by molar-refractivity contribution is 5.91. The third-order valence-electron chi connectivity index (χ3n) is 4.87. The summed E-state index contributed by atoms with van der Waals surface area (Å²) in [5, 5.41) is 8.08. The molecule has 0 fully saturated rings. The number of nitrogens with zero attached hydrogens (tertiary/aromatic N) is 4. The second-order valence-electron chi connectivity index (χ2n) is 7.35. The van der Waals surface area contributed by atoms with Crippen molar-refractivity contribution in [3.05, 3.63) is 60.5 Å². The Hall–Kier alpha value is -3.69. The number of pyridine rings is 1. The fraction of sp³-hybridized carbons (Fsp3) is 0.261. The molecule has 10 heteroatoms. The first-order valence-electron chi connectivity index (χ1n) is 10.4. The molecule has 0 amide bonds. The van der Waals surface area contributed by atoms with E-state index in [4.69, 9.17) is 9.84 Å². The van der Waals surface area contributed by atoms with E-state index in [-0.39, 0.29) is 0 Å². The van der Waals surface area contributed by atoms with Gasteiger partial charge in [-0.2, -0.15) is 23.3 Å². The highest BCUT2D eigenvalue weighted by atomic mass is 19.4. The molecule has 0 aliphatic rings. The summed E-state index contributed by atoms with van der Waals surface area (Å²) in [4.78, 5) is 7.99. The van der Waals surface area contributed by atoms with E-state index in [1.54, 1.807) is 22.7 Å². The lowest BCUT2D eigenvalue weighted by atomic mass is 10.0. The Labute approximate surface area is 187 Å². The van der Waals surface area contributed by atoms with Crippen LogP contribution in [0.25, 0.3) is 28.0 Å². The van der Waals surface area contributed by atoms with Crippen LogP contribution in [0.15, 0.2) is 54.7 Å². The molecule has 3 aromatic heterocycles. The van der Waals surface area contributed by atoms with Crippen LogP contribution in [0.2, 0.25) is 0 Å². The molecule has 0 saturated heterocycles. The SMILES string of the molecule is CCCCNc1cccc2c(-c3ccnc(OCC(F)(F)F)n3)c(-c3ccc(F)cc3)nn12. The first-order valence-corrected chi connectivity index (χ1v) is 10.4. The zero-order valence-electron chi connectivity index (χ0n) is 17.7. The standard InChI is InChI=1S/C23H21F4N5O/c1-2-3-12-28-19-6-4-5-18-20(17-11-13-29-22(30-17)33-14-23(25,26)27)21(31-32(18)19)15-7-9-16(24)10-8-15/h4-11,13,28H,2-3,12,14H2,1H3. The molecule has 1 aromatic carbocycles. The Bertz CT molecular complexity index is 1240. The highest BCUT2D eigenvalue weighted by Crippen LogP contribution is 2.36. The molecule has 1 N–H and O–H groups in total. The Morgan fingerprint density at radius 1 is 1.06 bits per heavy atom. The number of anilines is 1. The van der Waals surface area contributed by atoms with Gasteiger partial charge in [0, 0.05) is 18.3 Å². The minimum Gasteiger partial charge on any atom is -0.454 e. The van der Waals surface area contributed by atoms with Gasteiger partial charge in [-0.15, -0.1) is 0 Å². The molecule has 4 aromatic rings. The molecule has 0 spiro atoms. The summed E-state index contributed by atoms with van der Waals surface area (Å²) < 4.78 is 57.7. The number of halogens is 4. The number of nitrogens with one attached hydrogen (secondary N) is 1. The number of fused-ring (bicyclic) bond motifs is 1. The number of aromatic nitrogens is 4. The molecule has 0 radical (unpaired) electrons. The topological polar surface area (TPSA) is 64.3 Å². The molecule has 4 rings (SSSR count). The number of hydrogen-bond acceptors (Lipinski definition) is 5. The van der Waals surface area contributed by atoms with Gasteiger partial charge in [0.05, 0.1) is 16.8 Å². The van der Waals surface area contributed by atoms with Gasteiger partial charge < -0.3 is 10.1 Å². The average Bonchev–Trinajstić information content (AvgIpc) is 3.18. The van der Waals surface area contributed by atoms with Crippen molar-refractivity contribution < 1.29 is 22.3 Å². The maximum absolute atomic E-state index is 13.5. The second-order valence-corrected chi connectivity index (χ2v) is 7.35. The van der Waals surface area contributed by atoms with Gasteiger partial charge in [0.15, 0.2) is 6.61 Å². The van der Waals surface area contributed by atoms with E-state index in [1.165, 1.54) is 18.3 Å². The minimum absolute atomic E-state index is 0.335. The highest BCUT2D eigenvalue weighted by Gasteiger charge is 2.29. The molecule has 0 unspecified atom stereocenters. The van der Waals surface area contributed by atoms with Crippen LogP contribution in [0.3, 0.4) is 0 Å². The summed E-state index contributed by atoms with van der Waals surface area (Å²) >= 11 is 0. The second kappa shape index (κ2) is 9.43. The van der Waals surface area contributed by atoms with Crippen molar-refractivity contribution in [3.63, 3.8) is 0 Å². The Morgan fingerprint density at radius 2 is 1.85 bits per heavy atom. The molecule has 3 heterocycles. The van der Waals surface area contributed by atoms with Crippen LogP contribution in [-0.2, 0) is 0 Å². The van der Waals surface area contributed by atoms with Gasteiger partial charge in [-0.3, -0.25) is 0 Å². The lowest BCUT2D eigenvalue weighted by Crippen LogP contribution is -2.20. The Kier molecular flexibility index (Phi) is 6.43. The monoisotopic (exact) mass is 459 g/mol. The lowest BCUT2D eigenvalue weighted by Gasteiger charge is -2.09. The quantitative estimate of drug-likeness (QED) is 0.269. The third kappa shape index (κ3) is 5.21. The number of benzene rings is 1. The van der Waals surface area contributed by atoms with Crippen molar-refractivity contribution in [1.82, 2.24) is 19.6 Å². The van der Waals surface area contributed by atoms with Gasteiger partial charge in [0.2, 0.25) is 0 Å². The van der Waals surface area contributed by atoms with Crippen LogP contribution >= 0.6 is 0 Å². The van der Waals surface area contributed by atoms with Crippen LogP contribution in [0.4, 0.5) is 23.4 Å². The van der Waals surface area contributed by atoms with E-state index in [9.17, 15) is 17.6 Å². The smallest absolute Gasteiger partial charge is 0.422 e. The molecular formula is C23H21F4N5O. The van der Waals surface area contributed by atoms with Crippen LogP contribution in [0.1, 0.15) is 19.8 Å². The third-order valence-corrected chi connectivity index (χ3v) is 4.87. The van der Waals surface area contributed by atoms with Gasteiger partial charge in [0.1, 0.15) is 17.3 Å². The molecule has 0 atom stereocenters. The number of ether oxygens (including phenoxy) is 1. The number of unbranched alkanes of at least 4 members (excludes halogenated alkanes) is 1. The molecule has 172 valence electrons. The van der Waals surface area contributed by atoms with E-state index >= 15 is 0 Å². The summed E-state index contributed by atoms with van der Waals surface area (Å²) in [5.74, 6) is 0.356. The van der Waals surface area contributed by atoms with E-state index in [2.05, 4.69) is 22.2 Å². The molecule has 33 heavy (non-hydrogen) atoms. The number of rotatable bonds is 8. The van der Waals surface area contributed by atoms with Crippen LogP contribution in [0, 0.1) is 5.82 Å². The molecule has 0 aliphatic carbocycles. The maximum atomic E-state index is 13.5. The molecular weight excluding hydrogens is 438 g/mol. The van der Waals surface area contributed by atoms with Crippen molar-refractivity contribution in [2.75, 3.05) is 18.5 Å². The lowest BCUT2D eigenvalue weighted by molar-refractivity contribution is -0.154. The van der Waals surface area contributed by atoms with Crippen molar-refractivity contribution in [2.24, 2.45) is 0 Å². The summed E-state index contributed by atoms with van der Waals surface area (Å²) in [7, 11) is 0. The van der Waals surface area contributed by atoms with Crippen LogP contribution in [-0.4, -0.2) is 38.9 Å². The summed E-state index contributed by atoms with van der Waals surface area (Å²) in [6.07, 6.45) is -1.19. The van der Waals surface area contributed by atoms with Gasteiger partial charge in [-0.05, 0) is 48.9 Å². The first kappa shape index (κ1) is 22.5. The largest absolute Gasteiger partial charge is 0.454 e. The summed E-state index contributed by atoms with van der Waals surface area (Å²) in [5.41, 5.74) is 2.71.